The highest BCUT2D eigenvalue weighted by Gasteiger charge is 2.54. The molecule has 1 aliphatic heterocycles. The molecule has 2 fully saturated rings. The normalized spacial score (nSPS) is 35.2. The van der Waals surface area contributed by atoms with Gasteiger partial charge in [0.05, 0.1) is 20.3 Å². The number of nitrogens with zero attached hydrogens (tertiary/aromatic N) is 1. The average molecular weight is 305 g/mol. The summed E-state index contributed by atoms with van der Waals surface area (Å²) >= 11 is 0. The van der Waals surface area contributed by atoms with Gasteiger partial charge in [0.25, 0.3) is 0 Å². The molecule has 3 rings (SSSR count). The van der Waals surface area contributed by atoms with E-state index in [4.69, 9.17) is 9.47 Å². The van der Waals surface area contributed by atoms with Crippen LogP contribution in [0.5, 0.6) is 11.5 Å². The molecule has 22 heavy (non-hydrogen) atoms. The maximum Gasteiger partial charge on any atom is 0.161 e. The highest BCUT2D eigenvalue weighted by molar-refractivity contribution is 5.47. The minimum Gasteiger partial charge on any atom is -0.493 e. The second-order valence-corrected chi connectivity index (χ2v) is 6.88. The molecule has 1 saturated heterocycles. The Morgan fingerprint density at radius 2 is 1.91 bits per heavy atom. The van der Waals surface area contributed by atoms with Gasteiger partial charge in [-0.15, -0.1) is 0 Å². The first-order valence-electron chi connectivity index (χ1n) is 8.13. The van der Waals surface area contributed by atoms with Gasteiger partial charge in [-0.1, -0.05) is 13.0 Å². The highest BCUT2D eigenvalue weighted by atomic mass is 16.5. The summed E-state index contributed by atoms with van der Waals surface area (Å²) in [4.78, 5) is 2.41. The van der Waals surface area contributed by atoms with Crippen LogP contribution in [0.1, 0.15) is 31.7 Å². The fourth-order valence-electron chi connectivity index (χ4n) is 4.76. The van der Waals surface area contributed by atoms with Crippen LogP contribution in [-0.2, 0) is 5.41 Å². The van der Waals surface area contributed by atoms with Crippen molar-refractivity contribution in [2.45, 2.75) is 43.7 Å². The van der Waals surface area contributed by atoms with Crippen molar-refractivity contribution in [2.24, 2.45) is 5.92 Å². The Morgan fingerprint density at radius 1 is 1.18 bits per heavy atom. The first kappa shape index (κ1) is 15.6. The number of hydrogen-bond acceptors (Lipinski definition) is 4. The molecule has 4 nitrogen and oxygen atoms in total. The summed E-state index contributed by atoms with van der Waals surface area (Å²) in [5.41, 5.74) is 1.42. The lowest BCUT2D eigenvalue weighted by molar-refractivity contribution is 0.0226. The van der Waals surface area contributed by atoms with E-state index < -0.39 is 0 Å². The van der Waals surface area contributed by atoms with Crippen molar-refractivity contribution in [1.82, 2.24) is 4.90 Å². The molecule has 1 aliphatic carbocycles. The number of ether oxygens (including phenoxy) is 2. The lowest BCUT2D eigenvalue weighted by atomic mass is 9.60. The summed E-state index contributed by atoms with van der Waals surface area (Å²) in [5.74, 6) is 2.01. The number of likely N-dealkylation sites (tertiary alicyclic amines) is 1. The Hall–Kier alpha value is -1.26. The maximum absolute atomic E-state index is 10.2. The van der Waals surface area contributed by atoms with Crippen LogP contribution in [0.2, 0.25) is 0 Å². The summed E-state index contributed by atoms with van der Waals surface area (Å²) < 4.78 is 10.9. The third-order valence-corrected chi connectivity index (χ3v) is 5.93. The summed E-state index contributed by atoms with van der Waals surface area (Å²) in [6.45, 7) is 3.36. The maximum atomic E-state index is 10.2. The van der Waals surface area contributed by atoms with E-state index in [0.29, 0.717) is 12.0 Å². The monoisotopic (exact) mass is 305 g/mol. The molecule has 0 bridgehead atoms. The molecule has 1 N–H and O–H groups in total. The minimum atomic E-state index is -0.186. The molecular formula is C18H27NO3. The van der Waals surface area contributed by atoms with Gasteiger partial charge in [-0.2, -0.15) is 0 Å². The third kappa shape index (κ3) is 2.20. The average Bonchev–Trinajstić information content (AvgIpc) is 2.85. The fraction of sp³-hybridized carbons (Fsp3) is 0.667. The Balaban J connectivity index is 2.07. The smallest absolute Gasteiger partial charge is 0.161 e. The second kappa shape index (κ2) is 5.74. The first-order valence-corrected chi connectivity index (χ1v) is 8.13. The van der Waals surface area contributed by atoms with Gasteiger partial charge in [-0.3, -0.25) is 0 Å². The molecule has 1 heterocycles. The van der Waals surface area contributed by atoms with Crippen LogP contribution in [0.3, 0.4) is 0 Å². The molecule has 2 aliphatic rings. The Labute approximate surface area is 133 Å². The van der Waals surface area contributed by atoms with E-state index in [-0.39, 0.29) is 11.5 Å². The molecular weight excluding hydrogens is 278 g/mol. The van der Waals surface area contributed by atoms with Crippen molar-refractivity contribution >= 4 is 0 Å². The van der Waals surface area contributed by atoms with Crippen LogP contribution >= 0.6 is 0 Å². The predicted octanol–water partition coefficient (Wildman–Crippen LogP) is 2.44. The summed E-state index contributed by atoms with van der Waals surface area (Å²) in [6.07, 6.45) is 2.68. The number of fused-ring (bicyclic) bond motifs is 1. The van der Waals surface area contributed by atoms with Crippen LogP contribution in [0, 0.1) is 5.92 Å². The Kier molecular flexibility index (Phi) is 4.08. The summed E-state index contributed by atoms with van der Waals surface area (Å²) in [6, 6.07) is 6.72. The van der Waals surface area contributed by atoms with Gasteiger partial charge in [0.15, 0.2) is 11.5 Å². The second-order valence-electron chi connectivity index (χ2n) is 6.88. The van der Waals surface area contributed by atoms with E-state index >= 15 is 0 Å². The van der Waals surface area contributed by atoms with Gasteiger partial charge >= 0.3 is 0 Å². The van der Waals surface area contributed by atoms with Crippen LogP contribution in [0.25, 0.3) is 0 Å². The Bertz CT molecular complexity index is 547. The summed E-state index contributed by atoms with van der Waals surface area (Å²) in [5, 5.41) is 10.2. The quantitative estimate of drug-likeness (QED) is 0.931. The van der Waals surface area contributed by atoms with Gasteiger partial charge in [0.2, 0.25) is 0 Å². The van der Waals surface area contributed by atoms with E-state index in [9.17, 15) is 5.11 Å². The van der Waals surface area contributed by atoms with E-state index in [1.165, 1.54) is 5.56 Å². The lowest BCUT2D eigenvalue weighted by Crippen LogP contribution is -2.52. The fourth-order valence-corrected chi connectivity index (χ4v) is 4.76. The number of rotatable bonds is 3. The zero-order valence-electron chi connectivity index (χ0n) is 14.0. The Morgan fingerprint density at radius 3 is 2.59 bits per heavy atom. The lowest BCUT2D eigenvalue weighted by Gasteiger charge is -2.48. The number of likely N-dealkylation sites (N-methyl/N-ethyl adjacent to an activating group) is 1. The van der Waals surface area contributed by atoms with E-state index in [1.807, 2.05) is 6.07 Å². The molecule has 0 amide bonds. The van der Waals surface area contributed by atoms with Crippen molar-refractivity contribution in [2.75, 3.05) is 27.8 Å². The van der Waals surface area contributed by atoms with E-state index in [2.05, 4.69) is 31.0 Å². The molecule has 0 unspecified atom stereocenters. The highest BCUT2D eigenvalue weighted by Crippen LogP contribution is 2.52. The first-order chi connectivity index (χ1) is 10.5. The van der Waals surface area contributed by atoms with Gasteiger partial charge in [-0.25, -0.2) is 0 Å². The standard InChI is InChI=1S/C18H27NO3/c1-12-9-14(20)11-17-18(12,7-8-19(17)2)13-5-6-15(21-3)16(10-13)22-4/h5-6,10,12,14,17,20H,7-9,11H2,1-4H3/t12-,14-,17-,18+/m0/s1. The van der Waals surface area contributed by atoms with Crippen molar-refractivity contribution in [1.29, 1.82) is 0 Å². The van der Waals surface area contributed by atoms with Gasteiger partial charge < -0.3 is 19.5 Å². The molecule has 122 valence electrons. The number of hydrogen-bond donors (Lipinski definition) is 1. The SMILES string of the molecule is COc1ccc([C@]23CCN(C)[C@H]2C[C@@H](O)C[C@@H]3C)cc1OC. The number of aliphatic hydroxyl groups is 1. The number of benzene rings is 1. The molecule has 1 aromatic carbocycles. The van der Waals surface area contributed by atoms with Crippen LogP contribution in [-0.4, -0.2) is 50.0 Å². The topological polar surface area (TPSA) is 41.9 Å². The van der Waals surface area contributed by atoms with E-state index in [1.54, 1.807) is 14.2 Å². The van der Waals surface area contributed by atoms with Crippen LogP contribution in [0.15, 0.2) is 18.2 Å². The molecule has 1 saturated carbocycles. The van der Waals surface area contributed by atoms with Crippen molar-refractivity contribution in [3.05, 3.63) is 23.8 Å². The molecule has 0 spiro atoms. The van der Waals surface area contributed by atoms with E-state index in [0.717, 1.165) is 37.3 Å². The third-order valence-electron chi connectivity index (χ3n) is 5.93. The zero-order chi connectivity index (χ0) is 15.9. The van der Waals surface area contributed by atoms with Crippen molar-refractivity contribution in [3.63, 3.8) is 0 Å². The van der Waals surface area contributed by atoms with Crippen LogP contribution in [0.4, 0.5) is 0 Å². The largest absolute Gasteiger partial charge is 0.493 e. The minimum absolute atomic E-state index is 0.105. The van der Waals surface area contributed by atoms with Crippen molar-refractivity contribution < 1.29 is 14.6 Å². The van der Waals surface area contributed by atoms with Crippen LogP contribution < -0.4 is 9.47 Å². The van der Waals surface area contributed by atoms with Crippen molar-refractivity contribution in [3.8, 4) is 11.5 Å². The molecule has 0 radical (unpaired) electrons. The molecule has 0 aromatic heterocycles. The van der Waals surface area contributed by atoms with Gasteiger partial charge in [0, 0.05) is 11.5 Å². The molecule has 4 atom stereocenters. The van der Waals surface area contributed by atoms with Gasteiger partial charge in [-0.05, 0) is 56.5 Å². The van der Waals surface area contributed by atoms with Gasteiger partial charge in [0.1, 0.15) is 0 Å². The number of aliphatic hydroxyl groups excluding tert-OH is 1. The molecule has 1 aromatic rings. The zero-order valence-corrected chi connectivity index (χ0v) is 14.0. The summed E-state index contributed by atoms with van der Waals surface area (Å²) in [7, 11) is 5.53. The molecule has 4 heteroatoms. The predicted molar refractivity (Wildman–Crippen MR) is 86.7 cm³/mol. The number of methoxy groups -OCH3 is 2.